The maximum atomic E-state index is 14.9. The van der Waals surface area contributed by atoms with Crippen molar-refractivity contribution in [1.82, 2.24) is 0 Å². The third-order valence-corrected chi connectivity index (χ3v) is 6.87. The predicted molar refractivity (Wildman–Crippen MR) is 103 cm³/mol. The van der Waals surface area contributed by atoms with Crippen molar-refractivity contribution in [3.05, 3.63) is 70.0 Å². The highest BCUT2D eigenvalue weighted by Crippen LogP contribution is 2.39. The van der Waals surface area contributed by atoms with Crippen LogP contribution in [0.15, 0.2) is 30.3 Å². The summed E-state index contributed by atoms with van der Waals surface area (Å²) >= 11 is 0. The predicted octanol–water partition coefficient (Wildman–Crippen LogP) is 7.06. The molecule has 2 aromatic carbocycles. The van der Waals surface area contributed by atoms with Crippen molar-refractivity contribution in [3.63, 3.8) is 0 Å². The lowest BCUT2D eigenvalue weighted by atomic mass is 9.76. The monoisotopic (exact) mass is 372 g/mol. The minimum Gasteiger partial charge on any atom is -0.207 e. The minimum absolute atomic E-state index is 0.0846. The van der Waals surface area contributed by atoms with E-state index in [4.69, 9.17) is 0 Å². The summed E-state index contributed by atoms with van der Waals surface area (Å²) in [6.45, 7) is 2.25. The summed E-state index contributed by atoms with van der Waals surface area (Å²) in [5, 5.41) is 0. The van der Waals surface area contributed by atoms with Gasteiger partial charge in [0.05, 0.1) is 0 Å². The van der Waals surface area contributed by atoms with Gasteiger partial charge in [0.2, 0.25) is 0 Å². The van der Waals surface area contributed by atoms with Crippen LogP contribution in [0.3, 0.4) is 0 Å². The molecule has 2 aliphatic rings. The second-order valence-corrected chi connectivity index (χ2v) is 8.35. The van der Waals surface area contributed by atoms with Crippen LogP contribution in [0.4, 0.5) is 13.2 Å². The summed E-state index contributed by atoms with van der Waals surface area (Å²) in [6.07, 6.45) is 7.78. The number of hydrogen-bond donors (Lipinski definition) is 0. The van der Waals surface area contributed by atoms with Gasteiger partial charge in [-0.1, -0.05) is 31.5 Å². The van der Waals surface area contributed by atoms with Gasteiger partial charge in [0, 0.05) is 0 Å². The van der Waals surface area contributed by atoms with Gasteiger partial charge in [-0.2, -0.15) is 0 Å². The molecular weight excluding hydrogens is 345 g/mol. The molecule has 0 bridgehead atoms. The van der Waals surface area contributed by atoms with Crippen molar-refractivity contribution in [2.75, 3.05) is 0 Å². The summed E-state index contributed by atoms with van der Waals surface area (Å²) in [7, 11) is 0. The quantitative estimate of drug-likeness (QED) is 0.541. The number of rotatable bonds is 3. The molecule has 0 heterocycles. The number of aryl methyl sites for hydroxylation is 1. The molecule has 27 heavy (non-hydrogen) atoms. The zero-order chi connectivity index (χ0) is 19.0. The molecule has 0 aliphatic heterocycles. The fourth-order valence-corrected chi connectivity index (χ4v) is 5.06. The van der Waals surface area contributed by atoms with E-state index >= 15 is 0 Å². The van der Waals surface area contributed by atoms with Crippen molar-refractivity contribution in [2.24, 2.45) is 5.92 Å². The molecule has 1 atom stereocenters. The first-order valence-corrected chi connectivity index (χ1v) is 10.3. The molecule has 3 heteroatoms. The molecular formula is C24H27F3. The Kier molecular flexibility index (Phi) is 5.29. The summed E-state index contributed by atoms with van der Waals surface area (Å²) in [6, 6.07) is 8.51. The van der Waals surface area contributed by atoms with Crippen LogP contribution in [-0.2, 0) is 12.8 Å². The molecule has 2 aromatic rings. The van der Waals surface area contributed by atoms with E-state index in [1.807, 2.05) is 6.07 Å². The highest BCUT2D eigenvalue weighted by Gasteiger charge is 2.27. The smallest absolute Gasteiger partial charge is 0.162 e. The number of halogens is 3. The van der Waals surface area contributed by atoms with Crippen LogP contribution in [0, 0.1) is 23.4 Å². The van der Waals surface area contributed by atoms with Gasteiger partial charge in [0.1, 0.15) is 5.82 Å². The number of fused-ring (bicyclic) bond motifs is 1. The second kappa shape index (κ2) is 7.69. The molecule has 0 saturated heterocycles. The Morgan fingerprint density at radius 3 is 2.33 bits per heavy atom. The van der Waals surface area contributed by atoms with Gasteiger partial charge in [-0.25, -0.2) is 13.2 Å². The lowest BCUT2D eigenvalue weighted by molar-refractivity contribution is 0.318. The molecule has 0 radical (unpaired) electrons. The molecule has 1 saturated carbocycles. The molecule has 1 fully saturated rings. The zero-order valence-electron chi connectivity index (χ0n) is 15.9. The molecule has 0 nitrogen and oxygen atoms in total. The molecule has 2 aliphatic carbocycles. The zero-order valence-corrected chi connectivity index (χ0v) is 15.9. The molecule has 144 valence electrons. The fourth-order valence-electron chi connectivity index (χ4n) is 5.06. The SMILES string of the molecule is CCC1CCC(c2ccc(C3CCc4ccc(F)c(F)c4C3)c(F)c2)CC1. The molecule has 4 rings (SSSR count). The van der Waals surface area contributed by atoms with Crippen LogP contribution in [0.1, 0.15) is 79.5 Å². The van der Waals surface area contributed by atoms with E-state index in [2.05, 4.69) is 13.0 Å². The van der Waals surface area contributed by atoms with Crippen molar-refractivity contribution in [3.8, 4) is 0 Å². The van der Waals surface area contributed by atoms with Gasteiger partial charge in [-0.3, -0.25) is 0 Å². The van der Waals surface area contributed by atoms with Gasteiger partial charge in [0.25, 0.3) is 0 Å². The first-order chi connectivity index (χ1) is 13.1. The van der Waals surface area contributed by atoms with E-state index in [0.29, 0.717) is 29.9 Å². The van der Waals surface area contributed by atoms with Gasteiger partial charge in [0.15, 0.2) is 11.6 Å². The number of hydrogen-bond acceptors (Lipinski definition) is 0. The van der Waals surface area contributed by atoms with Gasteiger partial charge >= 0.3 is 0 Å². The lowest BCUT2D eigenvalue weighted by Crippen LogP contribution is -2.17. The van der Waals surface area contributed by atoms with Crippen LogP contribution in [0.5, 0.6) is 0 Å². The van der Waals surface area contributed by atoms with Gasteiger partial charge in [-0.15, -0.1) is 0 Å². The first kappa shape index (κ1) is 18.6. The van der Waals surface area contributed by atoms with Crippen LogP contribution >= 0.6 is 0 Å². The highest BCUT2D eigenvalue weighted by atomic mass is 19.2. The van der Waals surface area contributed by atoms with Crippen molar-refractivity contribution >= 4 is 0 Å². The van der Waals surface area contributed by atoms with E-state index in [-0.39, 0.29) is 11.7 Å². The van der Waals surface area contributed by atoms with Crippen molar-refractivity contribution in [2.45, 2.75) is 70.1 Å². The maximum absolute atomic E-state index is 14.9. The standard InChI is InChI=1S/C24H27F3/c1-2-15-3-5-16(6-4-15)18-9-11-20(23(26)14-18)19-8-7-17-10-12-22(25)24(27)21(17)13-19/h9-12,14-16,19H,2-8,13H2,1H3. The van der Waals surface area contributed by atoms with Gasteiger partial charge < -0.3 is 0 Å². The van der Waals surface area contributed by atoms with Crippen LogP contribution < -0.4 is 0 Å². The second-order valence-electron chi connectivity index (χ2n) is 8.35. The first-order valence-electron chi connectivity index (χ1n) is 10.3. The van der Waals surface area contributed by atoms with E-state index in [0.717, 1.165) is 36.3 Å². The molecule has 1 unspecified atom stereocenters. The molecule has 0 amide bonds. The van der Waals surface area contributed by atoms with E-state index in [1.54, 1.807) is 12.1 Å². The summed E-state index contributed by atoms with van der Waals surface area (Å²) < 4.78 is 42.7. The Labute approximate surface area is 159 Å². The third kappa shape index (κ3) is 3.66. The Bertz CT molecular complexity index is 819. The average molecular weight is 372 g/mol. The molecule has 0 N–H and O–H groups in total. The number of benzene rings is 2. The Hall–Kier alpha value is -1.77. The van der Waals surface area contributed by atoms with Crippen LogP contribution in [0.25, 0.3) is 0 Å². The van der Waals surface area contributed by atoms with Crippen molar-refractivity contribution in [1.29, 1.82) is 0 Å². The topological polar surface area (TPSA) is 0 Å². The Morgan fingerprint density at radius 2 is 1.63 bits per heavy atom. The summed E-state index contributed by atoms with van der Waals surface area (Å²) in [4.78, 5) is 0. The highest BCUT2D eigenvalue weighted by molar-refractivity contribution is 5.37. The molecule has 0 aromatic heterocycles. The van der Waals surface area contributed by atoms with Crippen molar-refractivity contribution < 1.29 is 13.2 Å². The normalized spacial score (nSPS) is 25.3. The largest absolute Gasteiger partial charge is 0.207 e. The Morgan fingerprint density at radius 1 is 0.852 bits per heavy atom. The van der Waals surface area contributed by atoms with Crippen LogP contribution in [-0.4, -0.2) is 0 Å². The van der Waals surface area contributed by atoms with E-state index in [1.165, 1.54) is 25.3 Å². The third-order valence-electron chi connectivity index (χ3n) is 6.87. The van der Waals surface area contributed by atoms with Crippen LogP contribution in [0.2, 0.25) is 0 Å². The Balaban J connectivity index is 1.53. The van der Waals surface area contributed by atoms with E-state index in [9.17, 15) is 13.2 Å². The maximum Gasteiger partial charge on any atom is 0.162 e. The summed E-state index contributed by atoms with van der Waals surface area (Å²) in [5.41, 5.74) is 3.03. The lowest BCUT2D eigenvalue weighted by Gasteiger charge is -2.29. The van der Waals surface area contributed by atoms with E-state index < -0.39 is 11.6 Å². The summed E-state index contributed by atoms with van der Waals surface area (Å²) in [5.74, 6) is -0.568. The minimum atomic E-state index is -0.812. The molecule has 0 spiro atoms. The van der Waals surface area contributed by atoms with Gasteiger partial charge in [-0.05, 0) is 97.1 Å². The average Bonchev–Trinajstić information content (AvgIpc) is 2.71. The fraction of sp³-hybridized carbons (Fsp3) is 0.500.